The van der Waals surface area contributed by atoms with Crippen molar-refractivity contribution < 1.29 is 18.0 Å². The van der Waals surface area contributed by atoms with E-state index in [0.29, 0.717) is 5.69 Å². The average Bonchev–Trinajstić information content (AvgIpc) is 3.07. The van der Waals surface area contributed by atoms with Crippen molar-refractivity contribution in [3.63, 3.8) is 0 Å². The monoisotopic (exact) mass is 423 g/mol. The van der Waals surface area contributed by atoms with Gasteiger partial charge in [0.05, 0.1) is 28.8 Å². The molecular weight excluding hydrogens is 411 g/mol. The lowest BCUT2D eigenvalue weighted by Crippen LogP contribution is -2.15. The third-order valence-electron chi connectivity index (χ3n) is 3.48. The summed E-state index contributed by atoms with van der Waals surface area (Å²) in [6.45, 7) is 0. The van der Waals surface area contributed by atoms with Crippen LogP contribution in [0.5, 0.6) is 0 Å². The molecule has 6 nitrogen and oxygen atoms in total. The number of rotatable bonds is 6. The molecule has 0 saturated heterocycles. The van der Waals surface area contributed by atoms with Gasteiger partial charge in [-0.3, -0.25) is 9.20 Å². The van der Waals surface area contributed by atoms with E-state index in [9.17, 15) is 18.0 Å². The molecule has 0 unspecified atom stereocenters. The van der Waals surface area contributed by atoms with Crippen molar-refractivity contribution in [1.29, 1.82) is 5.26 Å². The Morgan fingerprint density at radius 1 is 1.18 bits per heavy atom. The Labute approximate surface area is 166 Å². The highest BCUT2D eigenvalue weighted by Gasteiger charge is 2.31. The minimum absolute atomic E-state index is 0.0612. The smallest absolute Gasteiger partial charge is 0.324 e. The van der Waals surface area contributed by atoms with Gasteiger partial charge in [0.2, 0.25) is 5.91 Å². The number of para-hydroxylation sites is 1. The SMILES string of the molecule is N#CCSc1ccccc1NC(=O)CSc1nnc2ccc(C(F)(F)F)cn12. The Bertz CT molecular complexity index is 1050. The van der Waals surface area contributed by atoms with Crippen LogP contribution in [-0.2, 0) is 11.0 Å². The van der Waals surface area contributed by atoms with Crippen LogP contribution in [0.4, 0.5) is 18.9 Å². The molecule has 0 bridgehead atoms. The maximum Gasteiger partial charge on any atom is 0.417 e. The Hall–Kier alpha value is -2.71. The molecule has 0 aliphatic rings. The molecular formula is C17H12F3N5OS2. The summed E-state index contributed by atoms with van der Waals surface area (Å²) in [5.74, 6) is -0.165. The third kappa shape index (κ3) is 4.76. The number of alkyl halides is 3. The van der Waals surface area contributed by atoms with Gasteiger partial charge in [0.1, 0.15) is 0 Å². The molecule has 2 aromatic heterocycles. The molecule has 0 saturated carbocycles. The number of hydrogen-bond donors (Lipinski definition) is 1. The van der Waals surface area contributed by atoms with Crippen molar-refractivity contribution in [2.75, 3.05) is 16.8 Å². The summed E-state index contributed by atoms with van der Waals surface area (Å²) in [5.41, 5.74) is 0.00233. The number of nitriles is 1. The lowest BCUT2D eigenvalue weighted by atomic mass is 10.3. The zero-order valence-corrected chi connectivity index (χ0v) is 15.7. The van der Waals surface area contributed by atoms with E-state index in [4.69, 9.17) is 5.26 Å². The number of thioether (sulfide) groups is 2. The molecule has 1 N–H and O–H groups in total. The van der Waals surface area contributed by atoms with Crippen LogP contribution in [0.25, 0.3) is 5.65 Å². The van der Waals surface area contributed by atoms with E-state index >= 15 is 0 Å². The normalized spacial score (nSPS) is 11.4. The summed E-state index contributed by atoms with van der Waals surface area (Å²) in [6.07, 6.45) is -3.58. The van der Waals surface area contributed by atoms with Gasteiger partial charge in [0.15, 0.2) is 10.8 Å². The van der Waals surface area contributed by atoms with E-state index in [1.165, 1.54) is 22.2 Å². The van der Waals surface area contributed by atoms with Gasteiger partial charge in [-0.25, -0.2) is 0 Å². The fourth-order valence-electron chi connectivity index (χ4n) is 2.26. The number of pyridine rings is 1. The van der Waals surface area contributed by atoms with E-state index in [1.807, 2.05) is 6.07 Å². The molecule has 1 amide bonds. The van der Waals surface area contributed by atoms with E-state index in [-0.39, 0.29) is 28.2 Å². The molecule has 0 radical (unpaired) electrons. The van der Waals surface area contributed by atoms with Crippen molar-refractivity contribution in [2.45, 2.75) is 16.2 Å². The highest BCUT2D eigenvalue weighted by molar-refractivity contribution is 8.00. The zero-order chi connectivity index (χ0) is 20.1. The third-order valence-corrected chi connectivity index (χ3v) is 5.37. The molecule has 0 spiro atoms. The number of nitrogens with zero attached hydrogens (tertiary/aromatic N) is 4. The topological polar surface area (TPSA) is 83.1 Å². The largest absolute Gasteiger partial charge is 0.417 e. The van der Waals surface area contributed by atoms with Gasteiger partial charge in [-0.05, 0) is 24.3 Å². The van der Waals surface area contributed by atoms with Crippen LogP contribution in [0.2, 0.25) is 0 Å². The Morgan fingerprint density at radius 3 is 2.71 bits per heavy atom. The fraction of sp³-hybridized carbons (Fsp3) is 0.176. The number of nitrogens with one attached hydrogen (secondary N) is 1. The van der Waals surface area contributed by atoms with Crippen LogP contribution in [0.3, 0.4) is 0 Å². The van der Waals surface area contributed by atoms with Crippen LogP contribution < -0.4 is 5.32 Å². The summed E-state index contributed by atoms with van der Waals surface area (Å²) in [6, 6.07) is 11.2. The lowest BCUT2D eigenvalue weighted by Gasteiger charge is -2.09. The molecule has 144 valence electrons. The Kier molecular flexibility index (Phi) is 6.11. The van der Waals surface area contributed by atoms with E-state index < -0.39 is 11.7 Å². The minimum Gasteiger partial charge on any atom is -0.324 e. The summed E-state index contributed by atoms with van der Waals surface area (Å²) in [7, 11) is 0. The summed E-state index contributed by atoms with van der Waals surface area (Å²) in [4.78, 5) is 13.0. The number of aromatic nitrogens is 3. The van der Waals surface area contributed by atoms with E-state index in [1.54, 1.807) is 24.3 Å². The molecule has 28 heavy (non-hydrogen) atoms. The van der Waals surface area contributed by atoms with Gasteiger partial charge in [0, 0.05) is 11.1 Å². The fourth-order valence-corrected chi connectivity index (χ4v) is 3.64. The molecule has 11 heteroatoms. The number of carbonyl (C=O) groups excluding carboxylic acids is 1. The molecule has 0 fully saturated rings. The van der Waals surface area contributed by atoms with Crippen molar-refractivity contribution >= 4 is 40.8 Å². The first-order chi connectivity index (χ1) is 13.4. The molecule has 3 aromatic rings. The van der Waals surface area contributed by atoms with Gasteiger partial charge in [-0.2, -0.15) is 18.4 Å². The minimum atomic E-state index is -4.48. The highest BCUT2D eigenvalue weighted by Crippen LogP contribution is 2.30. The first-order valence-electron chi connectivity index (χ1n) is 7.82. The number of halogens is 3. The van der Waals surface area contributed by atoms with Crippen molar-refractivity contribution in [3.05, 3.63) is 48.2 Å². The maximum atomic E-state index is 12.9. The molecule has 3 rings (SSSR count). The number of anilines is 1. The number of amides is 1. The van der Waals surface area contributed by atoms with Crippen LogP contribution in [0, 0.1) is 11.3 Å². The van der Waals surface area contributed by atoms with Crippen LogP contribution in [0.1, 0.15) is 5.56 Å². The van der Waals surface area contributed by atoms with E-state index in [0.717, 1.165) is 28.9 Å². The Balaban J connectivity index is 1.69. The van der Waals surface area contributed by atoms with Gasteiger partial charge in [-0.1, -0.05) is 23.9 Å². The van der Waals surface area contributed by atoms with Gasteiger partial charge in [-0.15, -0.1) is 22.0 Å². The van der Waals surface area contributed by atoms with Crippen molar-refractivity contribution in [1.82, 2.24) is 14.6 Å². The predicted molar refractivity (Wildman–Crippen MR) is 100 cm³/mol. The Morgan fingerprint density at radius 2 is 1.96 bits per heavy atom. The summed E-state index contributed by atoms with van der Waals surface area (Å²) >= 11 is 2.27. The van der Waals surface area contributed by atoms with Crippen molar-refractivity contribution in [2.24, 2.45) is 0 Å². The molecule has 0 aliphatic heterocycles. The zero-order valence-electron chi connectivity index (χ0n) is 14.1. The number of fused-ring (bicyclic) bond motifs is 1. The maximum absolute atomic E-state index is 12.9. The summed E-state index contributed by atoms with van der Waals surface area (Å²) < 4.78 is 39.9. The lowest BCUT2D eigenvalue weighted by molar-refractivity contribution is -0.137. The first-order valence-corrected chi connectivity index (χ1v) is 9.79. The second-order valence-electron chi connectivity index (χ2n) is 5.41. The second kappa shape index (κ2) is 8.53. The summed E-state index contributed by atoms with van der Waals surface area (Å²) in [5, 5.41) is 19.3. The molecule has 0 atom stereocenters. The van der Waals surface area contributed by atoms with E-state index in [2.05, 4.69) is 15.5 Å². The van der Waals surface area contributed by atoms with Crippen LogP contribution in [-0.4, -0.2) is 32.0 Å². The first kappa shape index (κ1) is 20.0. The van der Waals surface area contributed by atoms with Crippen LogP contribution in [0.15, 0.2) is 52.6 Å². The number of carbonyl (C=O) groups is 1. The average molecular weight is 423 g/mol. The van der Waals surface area contributed by atoms with Gasteiger partial charge < -0.3 is 5.32 Å². The predicted octanol–water partition coefficient (Wildman–Crippen LogP) is 4.09. The molecule has 0 aliphatic carbocycles. The molecule has 2 heterocycles. The standard InChI is InChI=1S/C17H12F3N5OS2/c18-17(19,20)11-5-6-14-23-24-16(25(14)9-11)28-10-15(26)22-12-3-1-2-4-13(12)27-8-7-21/h1-6,9H,8,10H2,(H,22,26). The van der Waals surface area contributed by atoms with Gasteiger partial charge in [0.25, 0.3) is 0 Å². The van der Waals surface area contributed by atoms with Crippen LogP contribution >= 0.6 is 23.5 Å². The number of hydrogen-bond acceptors (Lipinski definition) is 6. The molecule has 1 aromatic carbocycles. The number of benzene rings is 1. The van der Waals surface area contributed by atoms with Crippen molar-refractivity contribution in [3.8, 4) is 6.07 Å². The second-order valence-corrected chi connectivity index (χ2v) is 7.37. The quantitative estimate of drug-likeness (QED) is 0.601. The van der Waals surface area contributed by atoms with Gasteiger partial charge >= 0.3 is 6.18 Å². The highest BCUT2D eigenvalue weighted by atomic mass is 32.2.